The van der Waals surface area contributed by atoms with E-state index in [4.69, 9.17) is 5.73 Å². The van der Waals surface area contributed by atoms with E-state index in [1.165, 1.54) is 0 Å². The van der Waals surface area contributed by atoms with Crippen LogP contribution in [0.2, 0.25) is 0 Å². The standard InChI is InChI=1S/C14H20N6O/c1-3-14(4-2,9-15)13(21)16-11-7-5-6-10(8-11)12-17-19-20-18-12/h5-8H,3-4,9,15H2,1-2H3,(H,16,21)(H,17,18,19,20). The Morgan fingerprint density at radius 1 is 1.38 bits per heavy atom. The summed E-state index contributed by atoms with van der Waals surface area (Å²) >= 11 is 0. The molecular formula is C14H20N6O. The second-order valence-corrected chi connectivity index (χ2v) is 4.96. The molecule has 0 bridgehead atoms. The Labute approximate surface area is 123 Å². The predicted octanol–water partition coefficient (Wildman–Crippen LogP) is 1.57. The number of benzene rings is 1. The lowest BCUT2D eigenvalue weighted by Crippen LogP contribution is -2.41. The number of hydrogen-bond acceptors (Lipinski definition) is 5. The van der Waals surface area contributed by atoms with Crippen molar-refractivity contribution in [1.82, 2.24) is 20.6 Å². The van der Waals surface area contributed by atoms with Gasteiger partial charge < -0.3 is 11.1 Å². The first-order valence-corrected chi connectivity index (χ1v) is 7.00. The van der Waals surface area contributed by atoms with Gasteiger partial charge >= 0.3 is 0 Å². The van der Waals surface area contributed by atoms with Gasteiger partial charge in [0.05, 0.1) is 5.41 Å². The van der Waals surface area contributed by atoms with Gasteiger partial charge in [0, 0.05) is 17.8 Å². The number of tetrazole rings is 1. The van der Waals surface area contributed by atoms with Gasteiger partial charge in [-0.2, -0.15) is 5.21 Å². The first kappa shape index (κ1) is 15.1. The second kappa shape index (κ2) is 6.45. The zero-order valence-corrected chi connectivity index (χ0v) is 12.3. The number of hydrogen-bond donors (Lipinski definition) is 3. The first-order valence-electron chi connectivity index (χ1n) is 7.00. The van der Waals surface area contributed by atoms with Crippen molar-refractivity contribution in [3.05, 3.63) is 24.3 Å². The number of carbonyl (C=O) groups is 1. The third-order valence-electron chi connectivity index (χ3n) is 3.95. The van der Waals surface area contributed by atoms with Gasteiger partial charge in [0.1, 0.15) is 0 Å². The van der Waals surface area contributed by atoms with E-state index in [0.29, 0.717) is 30.9 Å². The summed E-state index contributed by atoms with van der Waals surface area (Å²) in [5.74, 6) is 0.433. The van der Waals surface area contributed by atoms with E-state index in [2.05, 4.69) is 25.9 Å². The zero-order chi connectivity index (χ0) is 15.3. The Bertz CT molecular complexity index is 583. The summed E-state index contributed by atoms with van der Waals surface area (Å²) in [6.07, 6.45) is 1.41. The third-order valence-corrected chi connectivity index (χ3v) is 3.95. The lowest BCUT2D eigenvalue weighted by Gasteiger charge is -2.28. The molecule has 0 aliphatic heterocycles. The van der Waals surface area contributed by atoms with Crippen molar-refractivity contribution in [2.24, 2.45) is 11.1 Å². The van der Waals surface area contributed by atoms with Gasteiger partial charge in [0.25, 0.3) is 0 Å². The molecule has 0 aliphatic carbocycles. The van der Waals surface area contributed by atoms with Gasteiger partial charge in [-0.1, -0.05) is 26.0 Å². The fourth-order valence-electron chi connectivity index (χ4n) is 2.24. The van der Waals surface area contributed by atoms with Crippen molar-refractivity contribution in [3.8, 4) is 11.4 Å². The Hall–Kier alpha value is -2.28. The van der Waals surface area contributed by atoms with Crippen LogP contribution in [0.15, 0.2) is 24.3 Å². The largest absolute Gasteiger partial charge is 0.329 e. The molecule has 0 atom stereocenters. The number of anilines is 1. The van der Waals surface area contributed by atoms with E-state index >= 15 is 0 Å². The van der Waals surface area contributed by atoms with Crippen LogP contribution in [0.5, 0.6) is 0 Å². The maximum absolute atomic E-state index is 12.5. The van der Waals surface area contributed by atoms with E-state index in [9.17, 15) is 4.79 Å². The molecule has 1 heterocycles. The van der Waals surface area contributed by atoms with Crippen LogP contribution in [-0.4, -0.2) is 33.1 Å². The molecule has 0 spiro atoms. The topological polar surface area (TPSA) is 110 Å². The minimum atomic E-state index is -0.526. The molecular weight excluding hydrogens is 268 g/mol. The number of nitrogens with zero attached hydrogens (tertiary/aromatic N) is 3. The monoisotopic (exact) mass is 288 g/mol. The summed E-state index contributed by atoms with van der Waals surface area (Å²) in [5, 5.41) is 16.7. The number of aromatic nitrogens is 4. The molecule has 21 heavy (non-hydrogen) atoms. The molecule has 7 nitrogen and oxygen atoms in total. The molecule has 2 aromatic rings. The Morgan fingerprint density at radius 3 is 2.71 bits per heavy atom. The number of aromatic amines is 1. The average Bonchev–Trinajstić information content (AvgIpc) is 3.04. The van der Waals surface area contributed by atoms with Crippen LogP contribution < -0.4 is 11.1 Å². The molecule has 0 saturated heterocycles. The van der Waals surface area contributed by atoms with Crippen LogP contribution >= 0.6 is 0 Å². The highest BCUT2D eigenvalue weighted by molar-refractivity contribution is 5.95. The number of rotatable bonds is 6. The lowest BCUT2D eigenvalue weighted by atomic mass is 9.81. The number of amides is 1. The highest BCUT2D eigenvalue weighted by Gasteiger charge is 2.33. The molecule has 2 rings (SSSR count). The molecule has 7 heteroatoms. The molecule has 1 aromatic carbocycles. The summed E-state index contributed by atoms with van der Waals surface area (Å²) in [7, 11) is 0. The van der Waals surface area contributed by atoms with Gasteiger partial charge in [-0.15, -0.1) is 10.2 Å². The van der Waals surface area contributed by atoms with Gasteiger partial charge in [0.15, 0.2) is 0 Å². The fraction of sp³-hybridized carbons (Fsp3) is 0.429. The first-order chi connectivity index (χ1) is 10.1. The summed E-state index contributed by atoms with van der Waals surface area (Å²) in [5.41, 5.74) is 6.75. The van der Waals surface area contributed by atoms with Crippen LogP contribution in [0, 0.1) is 5.41 Å². The molecule has 0 radical (unpaired) electrons. The van der Waals surface area contributed by atoms with Crippen LogP contribution in [0.1, 0.15) is 26.7 Å². The lowest BCUT2D eigenvalue weighted by molar-refractivity contribution is -0.125. The third kappa shape index (κ3) is 3.08. The Kier molecular flexibility index (Phi) is 4.64. The summed E-state index contributed by atoms with van der Waals surface area (Å²) in [4.78, 5) is 12.5. The molecule has 0 unspecified atom stereocenters. The fourth-order valence-corrected chi connectivity index (χ4v) is 2.24. The van der Waals surface area contributed by atoms with Gasteiger partial charge in [-0.3, -0.25) is 4.79 Å². The van der Waals surface area contributed by atoms with Crippen molar-refractivity contribution in [3.63, 3.8) is 0 Å². The molecule has 112 valence electrons. The van der Waals surface area contributed by atoms with Crippen LogP contribution in [0.25, 0.3) is 11.4 Å². The van der Waals surface area contributed by atoms with Gasteiger partial charge in [-0.25, -0.2) is 0 Å². The number of carbonyl (C=O) groups excluding carboxylic acids is 1. The molecule has 1 amide bonds. The van der Waals surface area contributed by atoms with Gasteiger partial charge in [-0.05, 0) is 30.2 Å². The zero-order valence-electron chi connectivity index (χ0n) is 12.3. The van der Waals surface area contributed by atoms with Crippen molar-refractivity contribution in [1.29, 1.82) is 0 Å². The Balaban J connectivity index is 2.20. The van der Waals surface area contributed by atoms with Crippen molar-refractivity contribution in [2.75, 3.05) is 11.9 Å². The average molecular weight is 288 g/mol. The van der Waals surface area contributed by atoms with Crippen LogP contribution in [0.4, 0.5) is 5.69 Å². The van der Waals surface area contributed by atoms with Crippen LogP contribution in [-0.2, 0) is 4.79 Å². The van der Waals surface area contributed by atoms with Gasteiger partial charge in [0.2, 0.25) is 11.7 Å². The van der Waals surface area contributed by atoms with E-state index in [-0.39, 0.29) is 5.91 Å². The Morgan fingerprint density at radius 2 is 2.14 bits per heavy atom. The van der Waals surface area contributed by atoms with E-state index in [1.807, 2.05) is 38.1 Å². The normalized spacial score (nSPS) is 11.4. The minimum Gasteiger partial charge on any atom is -0.329 e. The SMILES string of the molecule is CCC(CC)(CN)C(=O)Nc1cccc(-c2nn[nH]n2)c1. The number of H-pyrrole nitrogens is 1. The number of nitrogens with one attached hydrogen (secondary N) is 2. The van der Waals surface area contributed by atoms with Crippen molar-refractivity contribution in [2.45, 2.75) is 26.7 Å². The minimum absolute atomic E-state index is 0.0553. The molecule has 4 N–H and O–H groups in total. The molecule has 0 fully saturated rings. The number of nitrogens with two attached hydrogens (primary N) is 1. The highest BCUT2D eigenvalue weighted by Crippen LogP contribution is 2.27. The van der Waals surface area contributed by atoms with Crippen LogP contribution in [0.3, 0.4) is 0 Å². The second-order valence-electron chi connectivity index (χ2n) is 4.96. The predicted molar refractivity (Wildman–Crippen MR) is 80.3 cm³/mol. The van der Waals surface area contributed by atoms with E-state index in [0.717, 1.165) is 5.56 Å². The highest BCUT2D eigenvalue weighted by atomic mass is 16.2. The van der Waals surface area contributed by atoms with E-state index in [1.54, 1.807) is 0 Å². The maximum Gasteiger partial charge on any atom is 0.231 e. The van der Waals surface area contributed by atoms with Crippen molar-refractivity contribution < 1.29 is 4.79 Å². The molecule has 0 aliphatic rings. The summed E-state index contributed by atoms with van der Waals surface area (Å²) in [6, 6.07) is 7.34. The molecule has 1 aromatic heterocycles. The summed E-state index contributed by atoms with van der Waals surface area (Å²) < 4.78 is 0. The summed E-state index contributed by atoms with van der Waals surface area (Å²) in [6.45, 7) is 4.29. The smallest absolute Gasteiger partial charge is 0.231 e. The quantitative estimate of drug-likeness (QED) is 0.747. The van der Waals surface area contributed by atoms with E-state index < -0.39 is 5.41 Å². The van der Waals surface area contributed by atoms with Crippen molar-refractivity contribution >= 4 is 11.6 Å². The maximum atomic E-state index is 12.5. The molecule has 0 saturated carbocycles.